The summed E-state index contributed by atoms with van der Waals surface area (Å²) in [5, 5.41) is 2.86. The number of benzene rings is 1. The molecule has 0 atom stereocenters. The fourth-order valence-electron chi connectivity index (χ4n) is 1.48. The summed E-state index contributed by atoms with van der Waals surface area (Å²) in [5.41, 5.74) is 7.30. The maximum Gasteiger partial charge on any atom is 0.243 e. The third-order valence-corrected chi connectivity index (χ3v) is 3.11. The number of amides is 1. The lowest BCUT2D eigenvalue weighted by Gasteiger charge is -2.01. The number of thioether (sulfide) groups is 1. The van der Waals surface area contributed by atoms with Crippen molar-refractivity contribution in [1.29, 1.82) is 0 Å². The van der Waals surface area contributed by atoms with Crippen molar-refractivity contribution < 1.29 is 4.79 Å². The average Bonchev–Trinajstić information content (AvgIpc) is 2.36. The van der Waals surface area contributed by atoms with Crippen LogP contribution in [0.25, 0.3) is 6.08 Å². The van der Waals surface area contributed by atoms with E-state index in [0.717, 1.165) is 30.7 Å². The maximum absolute atomic E-state index is 11.5. The highest BCUT2D eigenvalue weighted by Gasteiger charge is 1.95. The number of hydrogen-bond acceptors (Lipinski definition) is 3. The van der Waals surface area contributed by atoms with Crippen molar-refractivity contribution in [2.45, 2.75) is 12.8 Å². The van der Waals surface area contributed by atoms with Crippen molar-refractivity contribution >= 4 is 29.4 Å². The first-order valence-electron chi connectivity index (χ1n) is 6.03. The summed E-state index contributed by atoms with van der Waals surface area (Å²) < 4.78 is 0. The molecule has 3 nitrogen and oxygen atoms in total. The zero-order valence-electron chi connectivity index (χ0n) is 10.7. The lowest BCUT2D eigenvalue weighted by Crippen LogP contribution is -2.22. The minimum atomic E-state index is -0.0541. The second kappa shape index (κ2) is 8.64. The van der Waals surface area contributed by atoms with E-state index >= 15 is 0 Å². The van der Waals surface area contributed by atoms with Gasteiger partial charge in [-0.25, -0.2) is 0 Å². The molecule has 0 aliphatic carbocycles. The maximum atomic E-state index is 11.5. The number of carbonyl (C=O) groups excluding carboxylic acids is 1. The van der Waals surface area contributed by atoms with E-state index in [1.807, 2.05) is 36.0 Å². The number of anilines is 1. The molecule has 0 aromatic heterocycles. The molecule has 0 unspecified atom stereocenters. The van der Waals surface area contributed by atoms with Gasteiger partial charge in [0.2, 0.25) is 5.91 Å². The van der Waals surface area contributed by atoms with Crippen LogP contribution < -0.4 is 11.1 Å². The molecule has 0 aliphatic heterocycles. The van der Waals surface area contributed by atoms with E-state index in [1.165, 1.54) is 0 Å². The van der Waals surface area contributed by atoms with Crippen LogP contribution in [0.5, 0.6) is 0 Å². The Morgan fingerprint density at radius 1 is 1.44 bits per heavy atom. The van der Waals surface area contributed by atoms with Gasteiger partial charge in [0.05, 0.1) is 0 Å². The van der Waals surface area contributed by atoms with Crippen LogP contribution in [0.1, 0.15) is 18.4 Å². The molecule has 0 heterocycles. The molecule has 3 N–H and O–H groups in total. The van der Waals surface area contributed by atoms with E-state index in [2.05, 4.69) is 11.6 Å². The number of nitrogens with two attached hydrogens (primary N) is 1. The first-order chi connectivity index (χ1) is 8.72. The molecule has 1 aromatic rings. The lowest BCUT2D eigenvalue weighted by molar-refractivity contribution is -0.116. The summed E-state index contributed by atoms with van der Waals surface area (Å²) >= 11 is 1.83. The van der Waals surface area contributed by atoms with Crippen molar-refractivity contribution in [3.05, 3.63) is 35.9 Å². The predicted octanol–water partition coefficient (Wildman–Crippen LogP) is 2.54. The van der Waals surface area contributed by atoms with Crippen LogP contribution in [0.3, 0.4) is 0 Å². The largest absolute Gasteiger partial charge is 0.399 e. The molecule has 1 amide bonds. The standard InChI is InChI=1S/C14H20N2OS/c1-18-10-3-2-9-16-14(17)8-7-12-5-4-6-13(15)11-12/h4-8,11H,2-3,9-10,15H2,1H3,(H,16,17)/b8-7+. The quantitative estimate of drug-likeness (QED) is 0.452. The van der Waals surface area contributed by atoms with Crippen LogP contribution in [-0.2, 0) is 4.79 Å². The zero-order valence-corrected chi connectivity index (χ0v) is 11.5. The normalized spacial score (nSPS) is 10.7. The molecular weight excluding hydrogens is 244 g/mol. The first kappa shape index (κ1) is 14.6. The molecule has 1 rings (SSSR count). The van der Waals surface area contributed by atoms with Gasteiger partial charge in [-0.15, -0.1) is 0 Å². The number of carbonyl (C=O) groups is 1. The minimum absolute atomic E-state index is 0.0541. The second-order valence-electron chi connectivity index (χ2n) is 3.99. The molecule has 0 saturated heterocycles. The van der Waals surface area contributed by atoms with E-state index in [9.17, 15) is 4.79 Å². The van der Waals surface area contributed by atoms with E-state index < -0.39 is 0 Å². The minimum Gasteiger partial charge on any atom is -0.399 e. The topological polar surface area (TPSA) is 55.1 Å². The lowest BCUT2D eigenvalue weighted by atomic mass is 10.2. The van der Waals surface area contributed by atoms with Gasteiger partial charge in [0, 0.05) is 18.3 Å². The Balaban J connectivity index is 2.27. The van der Waals surface area contributed by atoms with E-state index in [4.69, 9.17) is 5.73 Å². The molecule has 0 bridgehead atoms. The summed E-state index contributed by atoms with van der Waals surface area (Å²) in [5.74, 6) is 1.09. The summed E-state index contributed by atoms with van der Waals surface area (Å²) in [7, 11) is 0. The molecule has 98 valence electrons. The number of unbranched alkanes of at least 4 members (excludes halogenated alkanes) is 1. The Labute approximate surface area is 113 Å². The Morgan fingerprint density at radius 3 is 3.00 bits per heavy atom. The van der Waals surface area contributed by atoms with Gasteiger partial charge < -0.3 is 11.1 Å². The molecule has 0 saturated carbocycles. The monoisotopic (exact) mass is 264 g/mol. The van der Waals surface area contributed by atoms with Gasteiger partial charge in [-0.1, -0.05) is 12.1 Å². The fourth-order valence-corrected chi connectivity index (χ4v) is 1.97. The Bertz CT molecular complexity index is 405. The van der Waals surface area contributed by atoms with Gasteiger partial charge in [-0.2, -0.15) is 11.8 Å². The Hall–Kier alpha value is -1.42. The van der Waals surface area contributed by atoms with Crippen LogP contribution in [-0.4, -0.2) is 24.5 Å². The third kappa shape index (κ3) is 6.35. The van der Waals surface area contributed by atoms with E-state index in [1.54, 1.807) is 12.2 Å². The van der Waals surface area contributed by atoms with E-state index in [0.29, 0.717) is 5.69 Å². The predicted molar refractivity (Wildman–Crippen MR) is 80.5 cm³/mol. The highest BCUT2D eigenvalue weighted by molar-refractivity contribution is 7.98. The van der Waals surface area contributed by atoms with Gasteiger partial charge in [0.25, 0.3) is 0 Å². The molecule has 0 spiro atoms. The van der Waals surface area contributed by atoms with Crippen LogP contribution >= 0.6 is 11.8 Å². The zero-order chi connectivity index (χ0) is 13.2. The third-order valence-electron chi connectivity index (χ3n) is 2.41. The summed E-state index contributed by atoms with van der Waals surface area (Å²) in [6, 6.07) is 7.44. The average molecular weight is 264 g/mol. The summed E-state index contributed by atoms with van der Waals surface area (Å²) in [4.78, 5) is 11.5. The molecule has 1 aromatic carbocycles. The van der Waals surface area contributed by atoms with Crippen LogP contribution in [0.2, 0.25) is 0 Å². The van der Waals surface area contributed by atoms with Gasteiger partial charge in [-0.3, -0.25) is 4.79 Å². The van der Waals surface area contributed by atoms with Gasteiger partial charge in [-0.05, 0) is 48.6 Å². The van der Waals surface area contributed by atoms with Crippen molar-refractivity contribution in [3.63, 3.8) is 0 Å². The number of rotatable bonds is 7. The molecule has 0 aliphatic rings. The molecular formula is C14H20N2OS. The Kier molecular flexibility index (Phi) is 7.03. The van der Waals surface area contributed by atoms with Gasteiger partial charge in [0.1, 0.15) is 0 Å². The second-order valence-corrected chi connectivity index (χ2v) is 4.98. The van der Waals surface area contributed by atoms with Crippen molar-refractivity contribution in [3.8, 4) is 0 Å². The van der Waals surface area contributed by atoms with E-state index in [-0.39, 0.29) is 5.91 Å². The number of nitrogen functional groups attached to an aromatic ring is 1. The van der Waals surface area contributed by atoms with Crippen LogP contribution in [0.15, 0.2) is 30.3 Å². The molecule has 0 radical (unpaired) electrons. The molecule has 0 fully saturated rings. The molecule has 18 heavy (non-hydrogen) atoms. The highest BCUT2D eigenvalue weighted by Crippen LogP contribution is 2.07. The fraction of sp³-hybridized carbons (Fsp3) is 0.357. The van der Waals surface area contributed by atoms with Crippen molar-refractivity contribution in [2.75, 3.05) is 24.3 Å². The summed E-state index contributed by atoms with van der Waals surface area (Å²) in [6.45, 7) is 0.737. The Morgan fingerprint density at radius 2 is 2.28 bits per heavy atom. The highest BCUT2D eigenvalue weighted by atomic mass is 32.2. The van der Waals surface area contributed by atoms with Crippen LogP contribution in [0.4, 0.5) is 5.69 Å². The SMILES string of the molecule is CSCCCCNC(=O)/C=C/c1cccc(N)c1. The number of hydrogen-bond donors (Lipinski definition) is 2. The summed E-state index contributed by atoms with van der Waals surface area (Å²) in [6.07, 6.45) is 7.57. The van der Waals surface area contributed by atoms with Gasteiger partial charge in [0.15, 0.2) is 0 Å². The van der Waals surface area contributed by atoms with Crippen molar-refractivity contribution in [1.82, 2.24) is 5.32 Å². The van der Waals surface area contributed by atoms with Crippen LogP contribution in [0, 0.1) is 0 Å². The first-order valence-corrected chi connectivity index (χ1v) is 7.42. The van der Waals surface area contributed by atoms with Gasteiger partial charge >= 0.3 is 0 Å². The smallest absolute Gasteiger partial charge is 0.243 e. The van der Waals surface area contributed by atoms with Crippen molar-refractivity contribution in [2.24, 2.45) is 0 Å². The number of nitrogens with one attached hydrogen (secondary N) is 1. The molecule has 4 heteroatoms.